The number of para-hydroxylation sites is 3. The zero-order valence-corrected chi connectivity index (χ0v) is 21.3. The molecule has 38 heavy (non-hydrogen) atoms. The first kappa shape index (κ1) is 24.1. The number of rotatable bonds is 6. The van der Waals surface area contributed by atoms with E-state index < -0.39 is 5.79 Å². The van der Waals surface area contributed by atoms with Crippen molar-refractivity contribution in [2.45, 2.75) is 25.2 Å². The predicted molar refractivity (Wildman–Crippen MR) is 153 cm³/mol. The fraction of sp³-hybridized carbons (Fsp3) is 0.276. The van der Waals surface area contributed by atoms with Crippen molar-refractivity contribution < 1.29 is 0 Å². The number of benzene rings is 3. The summed E-state index contributed by atoms with van der Waals surface area (Å²) < 4.78 is 0. The fourth-order valence-electron chi connectivity index (χ4n) is 4.93. The summed E-state index contributed by atoms with van der Waals surface area (Å²) in [6.07, 6.45) is 1.21. The molecule has 1 unspecified atom stereocenters. The summed E-state index contributed by atoms with van der Waals surface area (Å²) in [6.45, 7) is 4.57. The number of imidazole rings is 1. The molecular weight excluding hydrogens is 474 g/mol. The second-order valence-corrected chi connectivity index (χ2v) is 9.86. The van der Waals surface area contributed by atoms with Crippen LogP contribution in [-0.4, -0.2) is 63.7 Å². The molecule has 1 atom stereocenters. The van der Waals surface area contributed by atoms with Crippen LogP contribution in [0.3, 0.4) is 0 Å². The van der Waals surface area contributed by atoms with Crippen LogP contribution < -0.4 is 16.4 Å². The molecular formula is C29H33N9. The Morgan fingerprint density at radius 1 is 0.868 bits per heavy atom. The maximum atomic E-state index is 6.87. The molecule has 3 heterocycles. The number of nitrogens with one attached hydrogen (secondary N) is 3. The maximum absolute atomic E-state index is 6.87. The van der Waals surface area contributed by atoms with Gasteiger partial charge in [-0.2, -0.15) is 4.99 Å². The van der Waals surface area contributed by atoms with Crippen LogP contribution in [0.4, 0.5) is 5.69 Å². The van der Waals surface area contributed by atoms with Gasteiger partial charge in [-0.25, -0.2) is 9.98 Å². The molecule has 1 saturated heterocycles. The van der Waals surface area contributed by atoms with E-state index in [2.05, 4.69) is 55.7 Å². The van der Waals surface area contributed by atoms with E-state index in [-0.39, 0.29) is 0 Å². The summed E-state index contributed by atoms with van der Waals surface area (Å²) in [5.41, 5.74) is 11.1. The minimum atomic E-state index is -1.02. The molecule has 2 aliphatic heterocycles. The molecule has 0 radical (unpaired) electrons. The van der Waals surface area contributed by atoms with Gasteiger partial charge in [0.05, 0.1) is 11.0 Å². The Morgan fingerprint density at radius 2 is 1.58 bits per heavy atom. The van der Waals surface area contributed by atoms with Crippen molar-refractivity contribution in [1.82, 2.24) is 25.1 Å². The molecule has 1 aromatic heterocycles. The van der Waals surface area contributed by atoms with Gasteiger partial charge in [-0.1, -0.05) is 60.7 Å². The molecule has 0 saturated carbocycles. The van der Waals surface area contributed by atoms with E-state index in [0.717, 1.165) is 61.2 Å². The number of anilines is 1. The van der Waals surface area contributed by atoms with Crippen molar-refractivity contribution >= 4 is 28.6 Å². The van der Waals surface area contributed by atoms with Crippen molar-refractivity contribution in [1.29, 1.82) is 0 Å². The lowest BCUT2D eigenvalue weighted by molar-refractivity contribution is 0.169. The highest BCUT2D eigenvalue weighted by molar-refractivity contribution is 6.04. The highest BCUT2D eigenvalue weighted by atomic mass is 15.5. The first-order valence-electron chi connectivity index (χ1n) is 13.1. The lowest BCUT2D eigenvalue weighted by Gasteiger charge is -2.40. The van der Waals surface area contributed by atoms with Crippen molar-refractivity contribution in [3.63, 3.8) is 0 Å². The molecule has 9 heteroatoms. The minimum Gasteiger partial charge on any atom is -0.342 e. The molecule has 0 aliphatic carbocycles. The molecule has 9 nitrogen and oxygen atoms in total. The largest absolute Gasteiger partial charge is 0.342 e. The van der Waals surface area contributed by atoms with Crippen molar-refractivity contribution in [3.8, 4) is 0 Å². The molecule has 0 amide bonds. The highest BCUT2D eigenvalue weighted by Crippen LogP contribution is 2.19. The first-order chi connectivity index (χ1) is 18.6. The second-order valence-electron chi connectivity index (χ2n) is 9.86. The zero-order chi connectivity index (χ0) is 25.8. The zero-order valence-electron chi connectivity index (χ0n) is 21.3. The van der Waals surface area contributed by atoms with E-state index in [1.165, 1.54) is 5.56 Å². The van der Waals surface area contributed by atoms with Gasteiger partial charge in [-0.05, 0) is 29.8 Å². The van der Waals surface area contributed by atoms with Crippen LogP contribution in [0.15, 0.2) is 94.9 Å². The number of piperazine rings is 1. The van der Waals surface area contributed by atoms with Gasteiger partial charge in [0.15, 0.2) is 5.79 Å². The van der Waals surface area contributed by atoms with E-state index in [1.807, 2.05) is 54.6 Å². The third-order valence-corrected chi connectivity index (χ3v) is 6.98. The number of aryl methyl sites for hydroxylation is 1. The average molecular weight is 508 g/mol. The quantitative estimate of drug-likeness (QED) is 0.319. The summed E-state index contributed by atoms with van der Waals surface area (Å²) >= 11 is 0. The van der Waals surface area contributed by atoms with Gasteiger partial charge in [0, 0.05) is 51.3 Å². The molecule has 6 rings (SSSR count). The first-order valence-corrected chi connectivity index (χ1v) is 13.1. The van der Waals surface area contributed by atoms with E-state index in [1.54, 1.807) is 0 Å². The molecule has 5 N–H and O–H groups in total. The van der Waals surface area contributed by atoms with Gasteiger partial charge in [0.2, 0.25) is 11.9 Å². The normalized spacial score (nSPS) is 20.1. The number of H-pyrrole nitrogens is 1. The van der Waals surface area contributed by atoms with E-state index in [0.29, 0.717) is 18.8 Å². The number of nitrogens with zero attached hydrogens (tertiary/aromatic N) is 5. The van der Waals surface area contributed by atoms with Gasteiger partial charge in [-0.15, -0.1) is 0 Å². The molecule has 0 spiro atoms. The summed E-state index contributed by atoms with van der Waals surface area (Å²) in [5, 5.41) is 6.80. The predicted octanol–water partition coefficient (Wildman–Crippen LogP) is 3.35. The van der Waals surface area contributed by atoms with Crippen LogP contribution in [0.25, 0.3) is 11.0 Å². The van der Waals surface area contributed by atoms with Crippen LogP contribution in [0.5, 0.6) is 0 Å². The Kier molecular flexibility index (Phi) is 6.76. The lowest BCUT2D eigenvalue weighted by Crippen LogP contribution is -2.63. The molecule has 194 valence electrons. The highest BCUT2D eigenvalue weighted by Gasteiger charge is 2.33. The van der Waals surface area contributed by atoms with Gasteiger partial charge >= 0.3 is 0 Å². The third-order valence-electron chi connectivity index (χ3n) is 6.98. The Balaban J connectivity index is 1.17. The summed E-state index contributed by atoms with van der Waals surface area (Å²) in [7, 11) is 0. The summed E-state index contributed by atoms with van der Waals surface area (Å²) in [6, 6.07) is 28.6. The molecule has 0 bridgehead atoms. The Morgan fingerprint density at radius 3 is 2.34 bits per heavy atom. The number of fused-ring (bicyclic) bond motifs is 1. The summed E-state index contributed by atoms with van der Waals surface area (Å²) in [5.74, 6) is 1.13. The van der Waals surface area contributed by atoms with E-state index in [9.17, 15) is 0 Å². The van der Waals surface area contributed by atoms with Gasteiger partial charge in [0.1, 0.15) is 5.82 Å². The average Bonchev–Trinajstić information content (AvgIpc) is 3.37. The minimum absolute atomic E-state index is 0.503. The monoisotopic (exact) mass is 507 g/mol. The third kappa shape index (κ3) is 5.69. The van der Waals surface area contributed by atoms with Crippen LogP contribution in [-0.2, 0) is 13.0 Å². The van der Waals surface area contributed by atoms with Crippen LogP contribution in [0.1, 0.15) is 17.8 Å². The number of guanidine groups is 2. The van der Waals surface area contributed by atoms with Gasteiger partial charge in [-0.3, -0.25) is 10.6 Å². The van der Waals surface area contributed by atoms with Crippen LogP contribution >= 0.6 is 0 Å². The number of aromatic nitrogens is 2. The fourth-order valence-corrected chi connectivity index (χ4v) is 4.93. The Labute approximate surface area is 222 Å². The molecule has 4 aromatic rings. The Hall–Kier alpha value is -4.21. The van der Waals surface area contributed by atoms with E-state index in [4.69, 9.17) is 20.7 Å². The lowest BCUT2D eigenvalue weighted by atomic mass is 10.1. The standard InChI is InChI=1S/C29H33N9/c30-29(16-15-26-32-24-13-7-8-14-25(24)33-26)35-27(31-23-11-5-2-6-12-23)34-28(36-29)38-19-17-37(18-20-38)21-22-9-3-1-4-10-22/h1-14H,15-21,30H2,(H,32,33)(H2,31,34,35,36). The summed E-state index contributed by atoms with van der Waals surface area (Å²) in [4.78, 5) is 22.5. The van der Waals surface area contributed by atoms with Gasteiger partial charge in [0.25, 0.3) is 0 Å². The molecule has 2 aliphatic rings. The molecule has 3 aromatic carbocycles. The van der Waals surface area contributed by atoms with Crippen molar-refractivity contribution in [2.24, 2.45) is 15.7 Å². The van der Waals surface area contributed by atoms with Crippen LogP contribution in [0, 0.1) is 0 Å². The van der Waals surface area contributed by atoms with Gasteiger partial charge < -0.3 is 20.5 Å². The number of hydrogen-bond acceptors (Lipinski definition) is 8. The Bertz CT molecular complexity index is 1390. The second kappa shape index (κ2) is 10.6. The maximum Gasteiger partial charge on any atom is 0.229 e. The van der Waals surface area contributed by atoms with Crippen molar-refractivity contribution in [3.05, 3.63) is 96.3 Å². The smallest absolute Gasteiger partial charge is 0.229 e. The van der Waals surface area contributed by atoms with E-state index >= 15 is 0 Å². The van der Waals surface area contributed by atoms with Crippen molar-refractivity contribution in [2.75, 3.05) is 31.5 Å². The topological polar surface area (TPSA) is 110 Å². The number of aliphatic imine (C=N–C) groups is 2. The SMILES string of the molecule is NC1(CCc2nc3ccccc3[nH]2)N=C(Nc2ccccc2)N=C(N2CCN(Cc3ccccc3)CC2)N1. The number of hydrogen-bond donors (Lipinski definition) is 4. The number of aromatic amines is 1. The molecule has 1 fully saturated rings. The van der Waals surface area contributed by atoms with Crippen LogP contribution in [0.2, 0.25) is 0 Å². The number of nitrogens with two attached hydrogens (primary N) is 1.